The Morgan fingerprint density at radius 1 is 1.10 bits per heavy atom. The van der Waals surface area contributed by atoms with E-state index in [1.807, 2.05) is 6.07 Å². The van der Waals surface area contributed by atoms with E-state index >= 15 is 0 Å². The van der Waals surface area contributed by atoms with Crippen molar-refractivity contribution in [3.8, 4) is 0 Å². The zero-order valence-electron chi connectivity index (χ0n) is 17.6. The first-order valence-electron chi connectivity index (χ1n) is 10.3. The quantitative estimate of drug-likeness (QED) is 0.576. The lowest BCUT2D eigenvalue weighted by Gasteiger charge is -2.27. The first kappa shape index (κ1) is 21.9. The van der Waals surface area contributed by atoms with Crippen LogP contribution in [0.2, 0.25) is 5.02 Å². The zero-order valence-corrected chi connectivity index (χ0v) is 19.2. The molecule has 0 spiro atoms. The van der Waals surface area contributed by atoms with Gasteiger partial charge in [-0.2, -0.15) is 0 Å². The number of carbonyl (C=O) groups excluding carboxylic acids is 1. The number of fused-ring (bicyclic) bond motifs is 1. The summed E-state index contributed by atoms with van der Waals surface area (Å²) in [6.45, 7) is 4.78. The monoisotopic (exact) mass is 464 g/mol. The topological polar surface area (TPSA) is 102 Å². The molecule has 0 radical (unpaired) electrons. The summed E-state index contributed by atoms with van der Waals surface area (Å²) in [6.07, 6.45) is 3.19. The van der Waals surface area contributed by atoms with Crippen molar-refractivity contribution in [1.29, 1.82) is 0 Å². The van der Waals surface area contributed by atoms with Gasteiger partial charge >= 0.3 is 0 Å². The number of nitrogens with one attached hydrogen (secondary N) is 1. The number of hydrogen-bond acceptors (Lipinski definition) is 6. The highest BCUT2D eigenvalue weighted by molar-refractivity contribution is 7.92. The first-order chi connectivity index (χ1) is 14.5. The number of oxazole rings is 1. The number of amides is 1. The lowest BCUT2D eigenvalue weighted by atomic mass is 9.86. The summed E-state index contributed by atoms with van der Waals surface area (Å²) < 4.78 is 35.2. The van der Waals surface area contributed by atoms with Crippen molar-refractivity contribution in [2.24, 2.45) is 0 Å². The molecule has 3 aromatic rings. The molecule has 1 saturated carbocycles. The maximum atomic E-state index is 12.6. The van der Waals surface area contributed by atoms with Crippen LogP contribution in [-0.2, 0) is 9.84 Å². The molecule has 1 aromatic carbocycles. The number of benzene rings is 1. The van der Waals surface area contributed by atoms with Gasteiger partial charge in [0, 0.05) is 17.0 Å². The Bertz CT molecular complexity index is 1210. The van der Waals surface area contributed by atoms with Crippen molar-refractivity contribution < 1.29 is 22.0 Å². The van der Waals surface area contributed by atoms with Gasteiger partial charge in [0.25, 0.3) is 5.91 Å². The molecule has 0 atom stereocenters. The van der Waals surface area contributed by atoms with Gasteiger partial charge in [-0.3, -0.25) is 4.79 Å². The number of aromatic nitrogens is 1. The van der Waals surface area contributed by atoms with Gasteiger partial charge in [0.15, 0.2) is 17.2 Å². The number of rotatable bonds is 4. The average molecular weight is 465 g/mol. The third kappa shape index (κ3) is 4.36. The van der Waals surface area contributed by atoms with Crippen molar-refractivity contribution in [2.45, 2.75) is 68.3 Å². The van der Waals surface area contributed by atoms with Gasteiger partial charge in [0.2, 0.25) is 14.9 Å². The zero-order chi connectivity index (χ0) is 22.4. The molecule has 0 aliphatic heterocycles. The van der Waals surface area contributed by atoms with Crippen LogP contribution >= 0.6 is 11.6 Å². The fraction of sp³-hybridized carbons (Fsp3) is 0.455. The SMILES string of the molecule is CC(C)(C)S(=O)(=O)c1ccc(C(=O)NC2CCC(c3nc4cc(Cl)ccc4o3)CC2)o1. The molecule has 0 bridgehead atoms. The Morgan fingerprint density at radius 2 is 1.81 bits per heavy atom. The molecule has 1 aliphatic rings. The van der Waals surface area contributed by atoms with E-state index in [9.17, 15) is 13.2 Å². The van der Waals surface area contributed by atoms with Crippen LogP contribution in [0.4, 0.5) is 0 Å². The number of nitrogens with zero attached hydrogens (tertiary/aromatic N) is 1. The fourth-order valence-corrected chi connectivity index (χ4v) is 4.94. The van der Waals surface area contributed by atoms with Crippen molar-refractivity contribution >= 4 is 38.4 Å². The highest BCUT2D eigenvalue weighted by Crippen LogP contribution is 2.34. The van der Waals surface area contributed by atoms with E-state index in [0.29, 0.717) is 16.5 Å². The van der Waals surface area contributed by atoms with E-state index in [2.05, 4.69) is 10.3 Å². The van der Waals surface area contributed by atoms with Crippen molar-refractivity contribution in [3.63, 3.8) is 0 Å². The lowest BCUT2D eigenvalue weighted by Crippen LogP contribution is -2.37. The molecule has 9 heteroatoms. The average Bonchev–Trinajstić information content (AvgIpc) is 3.35. The predicted octanol–water partition coefficient (Wildman–Crippen LogP) is 5.10. The second kappa shape index (κ2) is 7.98. The number of halogens is 1. The summed E-state index contributed by atoms with van der Waals surface area (Å²) in [7, 11) is -3.65. The van der Waals surface area contributed by atoms with Crippen LogP contribution in [0.25, 0.3) is 11.1 Å². The molecule has 2 heterocycles. The van der Waals surface area contributed by atoms with Crippen LogP contribution in [0.15, 0.2) is 44.3 Å². The first-order valence-corrected chi connectivity index (χ1v) is 12.1. The lowest BCUT2D eigenvalue weighted by molar-refractivity contribution is 0.0891. The summed E-state index contributed by atoms with van der Waals surface area (Å²) in [6, 6.07) is 8.10. The molecule has 166 valence electrons. The number of sulfone groups is 1. The molecule has 2 aromatic heterocycles. The minimum absolute atomic E-state index is 0.000720. The predicted molar refractivity (Wildman–Crippen MR) is 117 cm³/mol. The second-order valence-corrected chi connectivity index (χ2v) is 12.0. The molecule has 1 N–H and O–H groups in total. The van der Waals surface area contributed by atoms with Gasteiger partial charge in [-0.25, -0.2) is 13.4 Å². The third-order valence-corrected chi connectivity index (χ3v) is 8.25. The van der Waals surface area contributed by atoms with Gasteiger partial charge in [0.05, 0.1) is 4.75 Å². The summed E-state index contributed by atoms with van der Waals surface area (Å²) >= 11 is 6.02. The molecular formula is C22H25ClN2O5S. The van der Waals surface area contributed by atoms with E-state index in [1.165, 1.54) is 12.1 Å². The van der Waals surface area contributed by atoms with Gasteiger partial charge in [-0.05, 0) is 76.8 Å². The molecule has 0 unspecified atom stereocenters. The second-order valence-electron chi connectivity index (χ2n) is 8.92. The molecule has 0 saturated heterocycles. The molecule has 1 fully saturated rings. The Balaban J connectivity index is 1.37. The Morgan fingerprint density at radius 3 is 2.48 bits per heavy atom. The van der Waals surface area contributed by atoms with Gasteiger partial charge in [-0.15, -0.1) is 0 Å². The smallest absolute Gasteiger partial charge is 0.287 e. The summed E-state index contributed by atoms with van der Waals surface area (Å²) in [5, 5.41) is 3.38. The maximum absolute atomic E-state index is 12.6. The molecule has 31 heavy (non-hydrogen) atoms. The molecule has 1 amide bonds. The van der Waals surface area contributed by atoms with Crippen LogP contribution in [0.3, 0.4) is 0 Å². The van der Waals surface area contributed by atoms with E-state index in [-0.39, 0.29) is 22.8 Å². The minimum Gasteiger partial charge on any atom is -0.440 e. The Hall–Kier alpha value is -2.32. The van der Waals surface area contributed by atoms with Crippen LogP contribution < -0.4 is 5.32 Å². The van der Waals surface area contributed by atoms with Crippen LogP contribution in [-0.4, -0.2) is 30.1 Å². The number of hydrogen-bond donors (Lipinski definition) is 1. The standard InChI is InChI=1S/C22H25ClN2O5S/c1-22(2,3)31(27,28)19-11-10-18(29-19)20(26)24-15-7-4-13(5-8-15)21-25-16-12-14(23)6-9-17(16)30-21/h6,9-13,15H,4-5,7-8H2,1-3H3,(H,24,26). The van der Waals surface area contributed by atoms with E-state index in [0.717, 1.165) is 31.2 Å². The largest absolute Gasteiger partial charge is 0.440 e. The van der Waals surface area contributed by atoms with Crippen LogP contribution in [0.5, 0.6) is 0 Å². The van der Waals surface area contributed by atoms with Crippen LogP contribution in [0, 0.1) is 0 Å². The summed E-state index contributed by atoms with van der Waals surface area (Å²) in [4.78, 5) is 17.1. The van der Waals surface area contributed by atoms with Gasteiger partial charge < -0.3 is 14.2 Å². The molecule has 4 rings (SSSR count). The van der Waals surface area contributed by atoms with Crippen molar-refractivity contribution in [1.82, 2.24) is 10.3 Å². The van der Waals surface area contributed by atoms with E-state index in [4.69, 9.17) is 20.4 Å². The summed E-state index contributed by atoms with van der Waals surface area (Å²) in [5.74, 6) is 0.479. The Labute approximate surface area is 186 Å². The Kier molecular flexibility index (Phi) is 5.64. The minimum atomic E-state index is -3.65. The van der Waals surface area contributed by atoms with E-state index < -0.39 is 20.5 Å². The number of furan rings is 1. The fourth-order valence-electron chi connectivity index (χ4n) is 3.72. The number of carbonyl (C=O) groups is 1. The van der Waals surface area contributed by atoms with Crippen molar-refractivity contribution in [2.75, 3.05) is 0 Å². The molecule has 1 aliphatic carbocycles. The van der Waals surface area contributed by atoms with E-state index in [1.54, 1.807) is 32.9 Å². The normalized spacial score (nSPS) is 20.1. The van der Waals surface area contributed by atoms with Gasteiger partial charge in [0.1, 0.15) is 5.52 Å². The highest BCUT2D eigenvalue weighted by Gasteiger charge is 2.34. The molecule has 7 nitrogen and oxygen atoms in total. The summed E-state index contributed by atoms with van der Waals surface area (Å²) in [5.41, 5.74) is 1.46. The van der Waals surface area contributed by atoms with Gasteiger partial charge in [-0.1, -0.05) is 11.6 Å². The highest BCUT2D eigenvalue weighted by atomic mass is 35.5. The third-order valence-electron chi connectivity index (χ3n) is 5.65. The molecular weight excluding hydrogens is 440 g/mol. The van der Waals surface area contributed by atoms with Crippen LogP contribution in [0.1, 0.15) is 68.8 Å². The van der Waals surface area contributed by atoms with Crippen molar-refractivity contribution in [3.05, 3.63) is 47.0 Å². The maximum Gasteiger partial charge on any atom is 0.287 e.